The first-order valence-electron chi connectivity index (χ1n) is 6.31. The number of nitrogens with zero attached hydrogens (tertiary/aromatic N) is 1. The second-order valence-electron chi connectivity index (χ2n) is 4.99. The Bertz CT molecular complexity index is 442. The zero-order valence-electron chi connectivity index (χ0n) is 11.5. The van der Waals surface area contributed by atoms with Gasteiger partial charge in [0, 0.05) is 12.8 Å². The highest BCUT2D eigenvalue weighted by Crippen LogP contribution is 2.05. The van der Waals surface area contributed by atoms with Crippen molar-refractivity contribution in [1.82, 2.24) is 4.90 Å². The van der Waals surface area contributed by atoms with Gasteiger partial charge in [0.15, 0.2) is 9.84 Å². The Morgan fingerprint density at radius 1 is 1.22 bits per heavy atom. The molecule has 0 N–H and O–H groups in total. The number of benzene rings is 1. The fraction of sp³-hybridized carbons (Fsp3) is 0.571. The molecule has 0 heterocycles. The third-order valence-electron chi connectivity index (χ3n) is 3.15. The zero-order chi connectivity index (χ0) is 13.6. The van der Waals surface area contributed by atoms with Gasteiger partial charge < -0.3 is 4.90 Å². The molecule has 0 aliphatic carbocycles. The molecule has 1 aromatic carbocycles. The lowest BCUT2D eigenvalue weighted by Crippen LogP contribution is -2.33. The summed E-state index contributed by atoms with van der Waals surface area (Å²) in [7, 11) is -0.938. The monoisotopic (exact) mass is 269 g/mol. The van der Waals surface area contributed by atoms with Crippen molar-refractivity contribution in [3.63, 3.8) is 0 Å². The van der Waals surface area contributed by atoms with E-state index in [0.29, 0.717) is 6.54 Å². The molecule has 0 saturated heterocycles. The summed E-state index contributed by atoms with van der Waals surface area (Å²) in [4.78, 5) is 2.09. The van der Waals surface area contributed by atoms with Crippen LogP contribution >= 0.6 is 0 Å². The van der Waals surface area contributed by atoms with Crippen molar-refractivity contribution < 1.29 is 8.42 Å². The largest absolute Gasteiger partial charge is 0.305 e. The van der Waals surface area contributed by atoms with Crippen LogP contribution < -0.4 is 0 Å². The Morgan fingerprint density at radius 3 is 2.39 bits per heavy atom. The first kappa shape index (κ1) is 15.2. The Labute approximate surface area is 111 Å². The maximum Gasteiger partial charge on any atom is 0.151 e. The van der Waals surface area contributed by atoms with Gasteiger partial charge in [-0.25, -0.2) is 8.42 Å². The lowest BCUT2D eigenvalue weighted by molar-refractivity contribution is 0.330. The molecule has 0 radical (unpaired) electrons. The van der Waals surface area contributed by atoms with Gasteiger partial charge in [-0.2, -0.15) is 0 Å². The second-order valence-corrected chi connectivity index (χ2v) is 7.46. The van der Waals surface area contributed by atoms with Gasteiger partial charge in [-0.05, 0) is 38.9 Å². The van der Waals surface area contributed by atoms with E-state index in [0.717, 1.165) is 19.4 Å². The molecule has 1 atom stereocenters. The molecule has 18 heavy (non-hydrogen) atoms. The van der Waals surface area contributed by atoms with E-state index < -0.39 is 9.84 Å². The SMILES string of the molecule is CC(CN(C)CCCc1ccccc1)S(C)(=O)=O. The highest BCUT2D eigenvalue weighted by molar-refractivity contribution is 7.91. The van der Waals surface area contributed by atoms with Crippen molar-refractivity contribution in [3.05, 3.63) is 35.9 Å². The number of hydrogen-bond donors (Lipinski definition) is 0. The fourth-order valence-corrected chi connectivity index (χ4v) is 2.39. The summed E-state index contributed by atoms with van der Waals surface area (Å²) in [5, 5.41) is -0.292. The van der Waals surface area contributed by atoms with Gasteiger partial charge in [-0.1, -0.05) is 30.3 Å². The molecular weight excluding hydrogens is 246 g/mol. The van der Waals surface area contributed by atoms with Gasteiger partial charge in [0.1, 0.15) is 0 Å². The Hall–Kier alpha value is -0.870. The molecule has 0 spiro atoms. The lowest BCUT2D eigenvalue weighted by Gasteiger charge is -2.20. The summed E-state index contributed by atoms with van der Waals surface area (Å²) in [5.41, 5.74) is 1.34. The van der Waals surface area contributed by atoms with E-state index in [2.05, 4.69) is 17.0 Å². The molecule has 1 unspecified atom stereocenters. The van der Waals surface area contributed by atoms with E-state index in [-0.39, 0.29) is 5.25 Å². The van der Waals surface area contributed by atoms with Crippen LogP contribution in [0.15, 0.2) is 30.3 Å². The van der Waals surface area contributed by atoms with Gasteiger partial charge in [0.25, 0.3) is 0 Å². The summed E-state index contributed by atoms with van der Waals surface area (Å²) >= 11 is 0. The van der Waals surface area contributed by atoms with Crippen LogP contribution in [0.5, 0.6) is 0 Å². The molecule has 0 bridgehead atoms. The number of aryl methyl sites for hydroxylation is 1. The van der Waals surface area contributed by atoms with Crippen LogP contribution in [0.2, 0.25) is 0 Å². The van der Waals surface area contributed by atoms with E-state index in [1.807, 2.05) is 25.2 Å². The minimum atomic E-state index is -2.92. The molecule has 1 rings (SSSR count). The first-order valence-corrected chi connectivity index (χ1v) is 8.26. The van der Waals surface area contributed by atoms with Crippen molar-refractivity contribution in [2.24, 2.45) is 0 Å². The van der Waals surface area contributed by atoms with Gasteiger partial charge >= 0.3 is 0 Å². The number of rotatable bonds is 7. The van der Waals surface area contributed by atoms with Crippen LogP contribution in [0.4, 0.5) is 0 Å². The van der Waals surface area contributed by atoms with Crippen LogP contribution in [-0.2, 0) is 16.3 Å². The zero-order valence-corrected chi connectivity index (χ0v) is 12.3. The molecule has 0 saturated carbocycles. The molecule has 102 valence electrons. The van der Waals surface area contributed by atoms with Gasteiger partial charge in [0.2, 0.25) is 0 Å². The maximum atomic E-state index is 11.3. The number of sulfone groups is 1. The number of hydrogen-bond acceptors (Lipinski definition) is 3. The van der Waals surface area contributed by atoms with Crippen LogP contribution in [0.1, 0.15) is 18.9 Å². The van der Waals surface area contributed by atoms with Crippen molar-refractivity contribution in [2.45, 2.75) is 25.0 Å². The Kier molecular flexibility index (Phi) is 5.82. The van der Waals surface area contributed by atoms with Crippen molar-refractivity contribution in [1.29, 1.82) is 0 Å². The second kappa shape index (κ2) is 6.90. The molecule has 1 aromatic rings. The maximum absolute atomic E-state index is 11.3. The smallest absolute Gasteiger partial charge is 0.151 e. The average Bonchev–Trinajstić information content (AvgIpc) is 2.29. The van der Waals surface area contributed by atoms with Gasteiger partial charge in [-0.3, -0.25) is 0 Å². The molecule has 0 aliphatic rings. The minimum absolute atomic E-state index is 0.292. The molecule has 0 aliphatic heterocycles. The normalized spacial score (nSPS) is 13.8. The topological polar surface area (TPSA) is 37.4 Å². The van der Waals surface area contributed by atoms with Crippen LogP contribution in [0, 0.1) is 0 Å². The van der Waals surface area contributed by atoms with Gasteiger partial charge in [0.05, 0.1) is 5.25 Å². The van der Waals surface area contributed by atoms with E-state index >= 15 is 0 Å². The summed E-state index contributed by atoms with van der Waals surface area (Å²) in [6.07, 6.45) is 3.39. The Morgan fingerprint density at radius 2 is 1.83 bits per heavy atom. The lowest BCUT2D eigenvalue weighted by atomic mass is 10.1. The molecule has 0 aromatic heterocycles. The van der Waals surface area contributed by atoms with Crippen molar-refractivity contribution in [2.75, 3.05) is 26.4 Å². The van der Waals surface area contributed by atoms with Gasteiger partial charge in [-0.15, -0.1) is 0 Å². The highest BCUT2D eigenvalue weighted by atomic mass is 32.2. The molecule has 4 heteroatoms. The molecular formula is C14H23NO2S. The van der Waals surface area contributed by atoms with E-state index in [1.54, 1.807) is 6.92 Å². The summed E-state index contributed by atoms with van der Waals surface area (Å²) in [6.45, 7) is 3.30. The van der Waals surface area contributed by atoms with Crippen LogP contribution in [0.25, 0.3) is 0 Å². The van der Waals surface area contributed by atoms with E-state index in [4.69, 9.17) is 0 Å². The van der Waals surface area contributed by atoms with Crippen molar-refractivity contribution >= 4 is 9.84 Å². The van der Waals surface area contributed by atoms with E-state index in [1.165, 1.54) is 11.8 Å². The molecule has 0 amide bonds. The summed E-state index contributed by atoms with van der Waals surface area (Å²) in [6, 6.07) is 10.4. The predicted octanol–water partition coefficient (Wildman–Crippen LogP) is 1.98. The first-order chi connectivity index (χ1) is 8.39. The highest BCUT2D eigenvalue weighted by Gasteiger charge is 2.16. The predicted molar refractivity (Wildman–Crippen MR) is 76.6 cm³/mol. The third kappa shape index (κ3) is 5.65. The Balaban J connectivity index is 2.28. The third-order valence-corrected chi connectivity index (χ3v) is 4.76. The molecule has 3 nitrogen and oxygen atoms in total. The standard InChI is InChI=1S/C14H23NO2S/c1-13(18(3,16)17)12-15(2)11-7-10-14-8-5-4-6-9-14/h4-6,8-9,13H,7,10-12H2,1-3H3. The van der Waals surface area contributed by atoms with Crippen molar-refractivity contribution in [3.8, 4) is 0 Å². The van der Waals surface area contributed by atoms with Crippen LogP contribution in [-0.4, -0.2) is 45.0 Å². The minimum Gasteiger partial charge on any atom is -0.305 e. The summed E-state index contributed by atoms with van der Waals surface area (Å²) < 4.78 is 22.7. The fourth-order valence-electron chi connectivity index (χ4n) is 1.86. The average molecular weight is 269 g/mol. The quantitative estimate of drug-likeness (QED) is 0.759. The van der Waals surface area contributed by atoms with Crippen LogP contribution in [0.3, 0.4) is 0 Å². The summed E-state index contributed by atoms with van der Waals surface area (Å²) in [5.74, 6) is 0. The molecule has 0 fully saturated rings. The van der Waals surface area contributed by atoms with E-state index in [9.17, 15) is 8.42 Å².